The van der Waals surface area contributed by atoms with E-state index < -0.39 is 0 Å². The number of ketones is 1. The highest BCUT2D eigenvalue weighted by atomic mass is 16.1. The van der Waals surface area contributed by atoms with Crippen LogP contribution in [0.4, 0.5) is 0 Å². The Morgan fingerprint density at radius 3 is 2.40 bits per heavy atom. The number of benzene rings is 1. The molecule has 1 atom stereocenters. The van der Waals surface area contributed by atoms with Crippen molar-refractivity contribution >= 4 is 5.78 Å². The summed E-state index contributed by atoms with van der Waals surface area (Å²) in [4.78, 5) is 11.8. The molecule has 0 amide bonds. The lowest BCUT2D eigenvalue weighted by molar-refractivity contribution is -0.121. The van der Waals surface area contributed by atoms with Crippen molar-refractivity contribution in [2.45, 2.75) is 40.0 Å². The first-order valence-corrected chi connectivity index (χ1v) is 5.71. The third kappa shape index (κ3) is 3.86. The van der Waals surface area contributed by atoms with Crippen LogP contribution in [0.3, 0.4) is 0 Å². The van der Waals surface area contributed by atoms with Gasteiger partial charge in [0.05, 0.1) is 0 Å². The highest BCUT2D eigenvalue weighted by Gasteiger charge is 2.11. The summed E-state index contributed by atoms with van der Waals surface area (Å²) in [5.41, 5.74) is 2.38. The average Bonchev–Trinajstić information content (AvgIpc) is 2.22. The Labute approximate surface area is 92.5 Å². The van der Waals surface area contributed by atoms with Crippen molar-refractivity contribution in [1.82, 2.24) is 0 Å². The topological polar surface area (TPSA) is 17.1 Å². The Kier molecular flexibility index (Phi) is 4.54. The molecule has 1 heteroatoms. The lowest BCUT2D eigenvalue weighted by Crippen LogP contribution is -2.13. The van der Waals surface area contributed by atoms with E-state index in [9.17, 15) is 4.79 Å². The van der Waals surface area contributed by atoms with E-state index in [4.69, 9.17) is 0 Å². The molecule has 0 saturated carbocycles. The van der Waals surface area contributed by atoms with Gasteiger partial charge in [-0.15, -0.1) is 0 Å². The van der Waals surface area contributed by atoms with E-state index in [-0.39, 0.29) is 5.92 Å². The van der Waals surface area contributed by atoms with Crippen molar-refractivity contribution in [1.29, 1.82) is 0 Å². The summed E-state index contributed by atoms with van der Waals surface area (Å²) in [7, 11) is 0. The number of hydrogen-bond donors (Lipinski definition) is 0. The van der Waals surface area contributed by atoms with Gasteiger partial charge < -0.3 is 0 Å². The molecular weight excluding hydrogens is 184 g/mol. The Balaban J connectivity index is 2.54. The van der Waals surface area contributed by atoms with Crippen molar-refractivity contribution in [2.24, 2.45) is 5.92 Å². The maximum absolute atomic E-state index is 11.8. The molecule has 15 heavy (non-hydrogen) atoms. The van der Waals surface area contributed by atoms with Gasteiger partial charge in [0.1, 0.15) is 5.78 Å². The summed E-state index contributed by atoms with van der Waals surface area (Å²) in [6.07, 6.45) is 2.67. The predicted molar refractivity (Wildman–Crippen MR) is 64.0 cm³/mol. The molecule has 1 unspecified atom stereocenters. The van der Waals surface area contributed by atoms with Crippen LogP contribution in [-0.2, 0) is 11.2 Å². The van der Waals surface area contributed by atoms with E-state index in [2.05, 4.69) is 26.0 Å². The Morgan fingerprint density at radius 2 is 1.87 bits per heavy atom. The molecule has 0 radical (unpaired) electrons. The zero-order chi connectivity index (χ0) is 11.3. The van der Waals surface area contributed by atoms with Crippen LogP contribution in [0.5, 0.6) is 0 Å². The smallest absolute Gasteiger partial charge is 0.140 e. The van der Waals surface area contributed by atoms with Gasteiger partial charge in [0, 0.05) is 12.3 Å². The van der Waals surface area contributed by atoms with E-state index in [0.717, 1.165) is 18.4 Å². The molecule has 0 aliphatic carbocycles. The molecule has 0 bridgehead atoms. The summed E-state index contributed by atoms with van der Waals surface area (Å²) in [5, 5.41) is 0. The van der Waals surface area contributed by atoms with Crippen LogP contribution in [0.25, 0.3) is 0 Å². The van der Waals surface area contributed by atoms with Crippen molar-refractivity contribution in [3.63, 3.8) is 0 Å². The van der Waals surface area contributed by atoms with Gasteiger partial charge in [-0.25, -0.2) is 0 Å². The quantitative estimate of drug-likeness (QED) is 0.717. The number of carbonyl (C=O) groups is 1. The number of hydrogen-bond acceptors (Lipinski definition) is 1. The van der Waals surface area contributed by atoms with Crippen molar-refractivity contribution in [3.05, 3.63) is 35.4 Å². The van der Waals surface area contributed by atoms with Crippen LogP contribution in [0.15, 0.2) is 24.3 Å². The van der Waals surface area contributed by atoms with Crippen LogP contribution >= 0.6 is 0 Å². The molecule has 0 fully saturated rings. The van der Waals surface area contributed by atoms with Gasteiger partial charge in [0.2, 0.25) is 0 Å². The van der Waals surface area contributed by atoms with Gasteiger partial charge in [0.15, 0.2) is 0 Å². The SMILES string of the molecule is CCCC(C)C(=O)Cc1ccc(C)cc1. The number of aryl methyl sites for hydroxylation is 1. The third-order valence-corrected chi connectivity index (χ3v) is 2.77. The molecule has 1 rings (SSSR count). The maximum atomic E-state index is 11.8. The predicted octanol–water partition coefficient (Wildman–Crippen LogP) is 3.54. The molecule has 0 heterocycles. The molecule has 0 N–H and O–H groups in total. The fraction of sp³-hybridized carbons (Fsp3) is 0.500. The third-order valence-electron chi connectivity index (χ3n) is 2.77. The summed E-state index contributed by atoms with van der Waals surface area (Å²) in [5.74, 6) is 0.567. The first-order valence-electron chi connectivity index (χ1n) is 5.71. The van der Waals surface area contributed by atoms with E-state index in [1.165, 1.54) is 5.56 Å². The summed E-state index contributed by atoms with van der Waals surface area (Å²) >= 11 is 0. The second kappa shape index (κ2) is 5.69. The number of Topliss-reactive ketones (excluding diaryl/α,β-unsaturated/α-hetero) is 1. The minimum atomic E-state index is 0.205. The van der Waals surface area contributed by atoms with Gasteiger partial charge in [-0.3, -0.25) is 4.79 Å². The number of rotatable bonds is 5. The van der Waals surface area contributed by atoms with Gasteiger partial charge >= 0.3 is 0 Å². The molecule has 0 aromatic heterocycles. The van der Waals surface area contributed by atoms with Gasteiger partial charge in [-0.1, -0.05) is 50.1 Å². The zero-order valence-electron chi connectivity index (χ0n) is 9.92. The Morgan fingerprint density at radius 1 is 1.27 bits per heavy atom. The zero-order valence-corrected chi connectivity index (χ0v) is 9.92. The van der Waals surface area contributed by atoms with E-state index in [1.54, 1.807) is 0 Å². The largest absolute Gasteiger partial charge is 0.299 e. The first-order chi connectivity index (χ1) is 7.13. The standard InChI is InChI=1S/C14H20O/c1-4-5-12(3)14(15)10-13-8-6-11(2)7-9-13/h6-9,12H,4-5,10H2,1-3H3. The van der Waals surface area contributed by atoms with Crippen LogP contribution in [0, 0.1) is 12.8 Å². The van der Waals surface area contributed by atoms with Gasteiger partial charge in [-0.2, -0.15) is 0 Å². The van der Waals surface area contributed by atoms with E-state index >= 15 is 0 Å². The molecular formula is C14H20O. The lowest BCUT2D eigenvalue weighted by atomic mass is 9.95. The van der Waals surface area contributed by atoms with Gasteiger partial charge in [0.25, 0.3) is 0 Å². The molecule has 1 aromatic rings. The van der Waals surface area contributed by atoms with Crippen LogP contribution in [-0.4, -0.2) is 5.78 Å². The van der Waals surface area contributed by atoms with Crippen LogP contribution in [0.1, 0.15) is 37.8 Å². The van der Waals surface area contributed by atoms with Crippen LogP contribution in [0.2, 0.25) is 0 Å². The fourth-order valence-corrected chi connectivity index (χ4v) is 1.68. The normalized spacial score (nSPS) is 12.5. The van der Waals surface area contributed by atoms with Crippen LogP contribution < -0.4 is 0 Å². The fourth-order valence-electron chi connectivity index (χ4n) is 1.68. The van der Waals surface area contributed by atoms with E-state index in [1.807, 2.05) is 19.1 Å². The maximum Gasteiger partial charge on any atom is 0.140 e. The van der Waals surface area contributed by atoms with Gasteiger partial charge in [-0.05, 0) is 18.9 Å². The molecule has 0 saturated heterocycles. The summed E-state index contributed by atoms with van der Waals surface area (Å²) < 4.78 is 0. The Bertz CT molecular complexity index is 311. The van der Waals surface area contributed by atoms with Crippen molar-refractivity contribution in [3.8, 4) is 0 Å². The second-order valence-electron chi connectivity index (χ2n) is 4.32. The minimum absolute atomic E-state index is 0.205. The van der Waals surface area contributed by atoms with Crippen molar-refractivity contribution in [2.75, 3.05) is 0 Å². The highest BCUT2D eigenvalue weighted by Crippen LogP contribution is 2.11. The first kappa shape index (κ1) is 12.0. The molecule has 82 valence electrons. The molecule has 1 nitrogen and oxygen atoms in total. The summed E-state index contributed by atoms with van der Waals surface area (Å²) in [6.45, 7) is 6.21. The average molecular weight is 204 g/mol. The molecule has 0 aliphatic rings. The molecule has 0 spiro atoms. The summed E-state index contributed by atoms with van der Waals surface area (Å²) in [6, 6.07) is 8.22. The molecule has 1 aromatic carbocycles. The lowest BCUT2D eigenvalue weighted by Gasteiger charge is -2.08. The van der Waals surface area contributed by atoms with E-state index in [0.29, 0.717) is 12.2 Å². The van der Waals surface area contributed by atoms with Crippen molar-refractivity contribution < 1.29 is 4.79 Å². The Hall–Kier alpha value is -1.11. The molecule has 0 aliphatic heterocycles. The highest BCUT2D eigenvalue weighted by molar-refractivity contribution is 5.82. The second-order valence-corrected chi connectivity index (χ2v) is 4.32. The monoisotopic (exact) mass is 204 g/mol. The number of carbonyl (C=O) groups excluding carboxylic acids is 1. The minimum Gasteiger partial charge on any atom is -0.299 e.